The number of ether oxygens (including phenoxy) is 1. The molecule has 0 aliphatic carbocycles. The van der Waals surface area contributed by atoms with Crippen LogP contribution in [0, 0.1) is 11.5 Å². The molecule has 0 aliphatic heterocycles. The van der Waals surface area contributed by atoms with Gasteiger partial charge >= 0.3 is 0 Å². The molecule has 1 nitrogen and oxygen atoms in total. The van der Waals surface area contributed by atoms with Crippen LogP contribution < -0.4 is 4.74 Å². The summed E-state index contributed by atoms with van der Waals surface area (Å²) in [6.45, 7) is 6.54. The first kappa shape index (κ1) is 14.7. The summed E-state index contributed by atoms with van der Waals surface area (Å²) >= 11 is 0. The molecule has 0 amide bonds. The van der Waals surface area contributed by atoms with Crippen LogP contribution in [-0.2, 0) is 0 Å². The predicted molar refractivity (Wildman–Crippen MR) is 72.8 cm³/mol. The summed E-state index contributed by atoms with van der Waals surface area (Å²) in [5.41, 5.74) is 4.12. The number of benzene rings is 1. The van der Waals surface area contributed by atoms with Gasteiger partial charge in [-0.15, -0.1) is 5.54 Å². The summed E-state index contributed by atoms with van der Waals surface area (Å²) < 4.78 is 29.2. The lowest BCUT2D eigenvalue weighted by molar-refractivity contribution is 0.114. The van der Waals surface area contributed by atoms with Crippen molar-refractivity contribution < 1.29 is 13.5 Å². The lowest BCUT2D eigenvalue weighted by Gasteiger charge is -2.06. The molecule has 0 saturated carbocycles. The zero-order valence-corrected chi connectivity index (χ0v) is 12.0. The molecule has 0 aromatic heterocycles. The topological polar surface area (TPSA) is 9.23 Å². The minimum absolute atomic E-state index is 0.0303. The van der Waals surface area contributed by atoms with Gasteiger partial charge in [0, 0.05) is 12.0 Å². The van der Waals surface area contributed by atoms with E-state index in [2.05, 4.69) is 31.1 Å². The number of hydrogen-bond acceptors (Lipinski definition) is 1. The van der Waals surface area contributed by atoms with Crippen LogP contribution in [0.1, 0.15) is 12.0 Å². The van der Waals surface area contributed by atoms with Crippen molar-refractivity contribution in [1.29, 1.82) is 0 Å². The summed E-state index contributed by atoms with van der Waals surface area (Å²) in [5, 5.41) is 0. The molecule has 0 unspecified atom stereocenters. The first-order chi connectivity index (χ1) is 8.37. The van der Waals surface area contributed by atoms with Gasteiger partial charge in [0.15, 0.2) is 0 Å². The van der Waals surface area contributed by atoms with Gasteiger partial charge in [-0.25, -0.2) is 8.78 Å². The molecule has 4 heteroatoms. The lowest BCUT2D eigenvalue weighted by Crippen LogP contribution is -2.16. The van der Waals surface area contributed by atoms with E-state index in [0.717, 1.165) is 5.56 Å². The Hall–Kier alpha value is -1.34. The maximum atomic E-state index is 12.0. The summed E-state index contributed by atoms with van der Waals surface area (Å²) in [6, 6.07) is 7.27. The average molecular weight is 268 g/mol. The molecule has 18 heavy (non-hydrogen) atoms. The van der Waals surface area contributed by atoms with Crippen LogP contribution in [0.3, 0.4) is 0 Å². The first-order valence-electron chi connectivity index (χ1n) is 5.91. The first-order valence-corrected chi connectivity index (χ1v) is 9.41. The highest BCUT2D eigenvalue weighted by molar-refractivity contribution is 6.83. The molecule has 1 aromatic rings. The molecule has 0 spiro atoms. The molecule has 1 aromatic carbocycles. The van der Waals surface area contributed by atoms with Crippen LogP contribution in [0.4, 0.5) is 8.78 Å². The molecule has 98 valence electrons. The Morgan fingerprint density at radius 1 is 1.28 bits per heavy atom. The van der Waals surface area contributed by atoms with Gasteiger partial charge in [-0.3, -0.25) is 0 Å². The van der Waals surface area contributed by atoms with Gasteiger partial charge in [0.25, 0.3) is 0 Å². The smallest absolute Gasteiger partial charge is 0.241 e. The van der Waals surface area contributed by atoms with Gasteiger partial charge in [0.2, 0.25) is 6.43 Å². The number of hydrogen-bond donors (Lipinski definition) is 0. The molecule has 0 saturated heterocycles. The second-order valence-electron chi connectivity index (χ2n) is 5.06. The van der Waals surface area contributed by atoms with Gasteiger partial charge in [0.05, 0.1) is 6.61 Å². The Morgan fingerprint density at radius 2 is 2.00 bits per heavy atom. The molecular weight excluding hydrogens is 250 g/mol. The van der Waals surface area contributed by atoms with Gasteiger partial charge < -0.3 is 4.74 Å². The van der Waals surface area contributed by atoms with E-state index in [-0.39, 0.29) is 13.0 Å². The zero-order valence-electron chi connectivity index (χ0n) is 11.0. The summed E-state index contributed by atoms with van der Waals surface area (Å²) in [4.78, 5) is 0. The van der Waals surface area contributed by atoms with Gasteiger partial charge in [0.1, 0.15) is 13.8 Å². The highest BCUT2D eigenvalue weighted by atomic mass is 28.3. The maximum absolute atomic E-state index is 12.0. The van der Waals surface area contributed by atoms with Crippen molar-refractivity contribution in [3.05, 3.63) is 29.8 Å². The summed E-state index contributed by atoms with van der Waals surface area (Å²) in [5.74, 6) is 3.70. The molecule has 0 aliphatic rings. The highest BCUT2D eigenvalue weighted by Crippen LogP contribution is 2.14. The number of halogens is 2. The Balaban J connectivity index is 2.64. The van der Waals surface area contributed by atoms with E-state index in [0.29, 0.717) is 5.75 Å². The third kappa shape index (κ3) is 6.41. The molecule has 0 N–H and O–H groups in total. The van der Waals surface area contributed by atoms with Crippen molar-refractivity contribution in [2.24, 2.45) is 0 Å². The van der Waals surface area contributed by atoms with E-state index in [1.807, 2.05) is 12.1 Å². The Morgan fingerprint density at radius 3 is 2.61 bits per heavy atom. The third-order valence-electron chi connectivity index (χ3n) is 2.02. The van der Waals surface area contributed by atoms with Crippen LogP contribution in [0.15, 0.2) is 24.3 Å². The second-order valence-corrected chi connectivity index (χ2v) is 9.81. The van der Waals surface area contributed by atoms with Crippen molar-refractivity contribution in [3.8, 4) is 17.2 Å². The minimum Gasteiger partial charge on any atom is -0.493 e. The number of alkyl halides is 2. The SMILES string of the molecule is C[Si](C)(C)C#Cc1cccc(OCCC(F)F)c1. The normalized spacial score (nSPS) is 11.0. The second kappa shape index (κ2) is 6.55. The van der Waals surface area contributed by atoms with Crippen LogP contribution in [0.2, 0.25) is 19.6 Å². The monoisotopic (exact) mass is 268 g/mol. The zero-order chi connectivity index (χ0) is 13.6. The molecule has 0 bridgehead atoms. The van der Waals surface area contributed by atoms with Crippen molar-refractivity contribution >= 4 is 8.07 Å². The summed E-state index contributed by atoms with van der Waals surface area (Å²) in [6.07, 6.45) is -2.56. The van der Waals surface area contributed by atoms with Crippen LogP contribution in [0.5, 0.6) is 5.75 Å². The van der Waals surface area contributed by atoms with E-state index in [4.69, 9.17) is 4.74 Å². The Bertz CT molecular complexity index is 441. The highest BCUT2D eigenvalue weighted by Gasteiger charge is 2.07. The molecule has 0 radical (unpaired) electrons. The van der Waals surface area contributed by atoms with E-state index in [1.54, 1.807) is 12.1 Å². The minimum atomic E-state index is -2.32. The molecule has 0 atom stereocenters. The Labute approximate surface area is 108 Å². The molecule has 0 fully saturated rings. The van der Waals surface area contributed by atoms with Crippen LogP contribution in [0.25, 0.3) is 0 Å². The fourth-order valence-electron chi connectivity index (χ4n) is 1.19. The fourth-order valence-corrected chi connectivity index (χ4v) is 1.71. The quantitative estimate of drug-likeness (QED) is 0.593. The van der Waals surface area contributed by atoms with Crippen molar-refractivity contribution in [2.75, 3.05) is 6.61 Å². The third-order valence-corrected chi connectivity index (χ3v) is 2.90. The Kier molecular flexibility index (Phi) is 5.36. The molecule has 1 rings (SSSR count). The van der Waals surface area contributed by atoms with Crippen molar-refractivity contribution in [3.63, 3.8) is 0 Å². The van der Waals surface area contributed by atoms with E-state index >= 15 is 0 Å². The number of rotatable bonds is 4. The fraction of sp³-hybridized carbons (Fsp3) is 0.429. The largest absolute Gasteiger partial charge is 0.493 e. The van der Waals surface area contributed by atoms with E-state index in [1.165, 1.54) is 0 Å². The van der Waals surface area contributed by atoms with Crippen molar-refractivity contribution in [2.45, 2.75) is 32.5 Å². The van der Waals surface area contributed by atoms with E-state index in [9.17, 15) is 8.78 Å². The summed E-state index contributed by atoms with van der Waals surface area (Å²) in [7, 11) is -1.40. The molecule has 0 heterocycles. The predicted octanol–water partition coefficient (Wildman–Crippen LogP) is 3.95. The van der Waals surface area contributed by atoms with Gasteiger partial charge in [-0.05, 0) is 18.2 Å². The van der Waals surface area contributed by atoms with Crippen LogP contribution in [-0.4, -0.2) is 21.1 Å². The maximum Gasteiger partial charge on any atom is 0.241 e. The average Bonchev–Trinajstić information content (AvgIpc) is 2.26. The van der Waals surface area contributed by atoms with Crippen LogP contribution >= 0.6 is 0 Å². The van der Waals surface area contributed by atoms with Crippen molar-refractivity contribution in [1.82, 2.24) is 0 Å². The molecular formula is C14H18F2OSi. The standard InChI is InChI=1S/C14H18F2OSi/c1-18(2,3)10-8-12-5-4-6-13(11-12)17-9-7-14(15)16/h4-6,11,14H,7,9H2,1-3H3. The van der Waals surface area contributed by atoms with Gasteiger partial charge in [-0.1, -0.05) is 31.6 Å². The van der Waals surface area contributed by atoms with Gasteiger partial charge in [-0.2, -0.15) is 0 Å². The van der Waals surface area contributed by atoms with E-state index < -0.39 is 14.5 Å². The lowest BCUT2D eigenvalue weighted by atomic mass is 10.2.